The molecule has 0 aliphatic rings. The third-order valence-corrected chi connectivity index (χ3v) is 6.35. The largest absolute Gasteiger partial charge is 0.334 e. The highest BCUT2D eigenvalue weighted by Gasteiger charge is 2.19. The lowest BCUT2D eigenvalue weighted by molar-refractivity contribution is 0.903. The van der Waals surface area contributed by atoms with Crippen molar-refractivity contribution in [1.29, 1.82) is 0 Å². The molecule has 0 unspecified atom stereocenters. The van der Waals surface area contributed by atoms with Crippen LogP contribution in [0.25, 0.3) is 32.1 Å². The van der Waals surface area contributed by atoms with Crippen LogP contribution in [-0.4, -0.2) is 18.9 Å². The van der Waals surface area contributed by atoms with Crippen LogP contribution in [0, 0.1) is 6.92 Å². The molecule has 0 spiro atoms. The van der Waals surface area contributed by atoms with E-state index in [9.17, 15) is 9.59 Å². The van der Waals surface area contributed by atoms with Gasteiger partial charge in [0.1, 0.15) is 10.5 Å². The van der Waals surface area contributed by atoms with Crippen LogP contribution in [0.4, 0.5) is 0 Å². The molecule has 138 valence electrons. The van der Waals surface area contributed by atoms with Gasteiger partial charge in [0.2, 0.25) is 0 Å². The normalized spacial score (nSPS) is 11.5. The fourth-order valence-electron chi connectivity index (χ4n) is 3.35. The summed E-state index contributed by atoms with van der Waals surface area (Å²) >= 11 is 4.83. The molecule has 8 heteroatoms. The molecule has 0 saturated carbocycles. The molecule has 4 heterocycles. The number of thiophene rings is 1. The van der Waals surface area contributed by atoms with E-state index < -0.39 is 5.69 Å². The second-order valence-electron chi connectivity index (χ2n) is 6.41. The summed E-state index contributed by atoms with van der Waals surface area (Å²) in [5.41, 5.74) is 2.16. The van der Waals surface area contributed by atoms with Crippen LogP contribution in [0.2, 0.25) is 0 Å². The first kappa shape index (κ1) is 17.2. The van der Waals surface area contributed by atoms with Crippen LogP contribution in [0.15, 0.2) is 68.9 Å². The molecule has 0 bridgehead atoms. The van der Waals surface area contributed by atoms with Gasteiger partial charge in [-0.1, -0.05) is 18.2 Å². The fraction of sp³-hybridized carbons (Fsp3) is 0.0500. The number of para-hydroxylation sites is 1. The third kappa shape index (κ3) is 2.56. The van der Waals surface area contributed by atoms with E-state index in [0.717, 1.165) is 26.3 Å². The number of hydrogen-bond donors (Lipinski definition) is 1. The minimum atomic E-state index is -0.449. The zero-order chi connectivity index (χ0) is 19.4. The summed E-state index contributed by atoms with van der Waals surface area (Å²) in [6, 6.07) is 12.8. The minimum absolute atomic E-state index is 0.323. The summed E-state index contributed by atoms with van der Waals surface area (Å²) in [5.74, 6) is 0. The van der Waals surface area contributed by atoms with Crippen molar-refractivity contribution in [3.05, 3.63) is 85.7 Å². The number of fused-ring (bicyclic) bond motifs is 2. The Hall–Kier alpha value is -2.97. The molecule has 0 saturated heterocycles. The fourth-order valence-corrected chi connectivity index (χ4v) is 4.84. The van der Waals surface area contributed by atoms with Gasteiger partial charge in [0.15, 0.2) is 0 Å². The predicted molar refractivity (Wildman–Crippen MR) is 115 cm³/mol. The van der Waals surface area contributed by atoms with Gasteiger partial charge >= 0.3 is 5.69 Å². The maximum atomic E-state index is 13.1. The molecule has 0 atom stereocenters. The average Bonchev–Trinajstić information content (AvgIpc) is 3.23. The highest BCUT2D eigenvalue weighted by atomic mass is 79.9. The highest BCUT2D eigenvalue weighted by Crippen LogP contribution is 2.35. The molecular formula is C20H13BrN4O2S. The van der Waals surface area contributed by atoms with E-state index >= 15 is 0 Å². The quantitative estimate of drug-likeness (QED) is 0.437. The average molecular weight is 453 g/mol. The number of nitrogens with one attached hydrogen (secondary N) is 1. The Balaban J connectivity index is 1.78. The molecule has 4 aromatic heterocycles. The molecule has 0 fully saturated rings. The lowest BCUT2D eigenvalue weighted by Crippen LogP contribution is -2.33. The number of H-pyrrole nitrogens is 1. The summed E-state index contributed by atoms with van der Waals surface area (Å²) in [6.07, 6.45) is 3.85. The summed E-state index contributed by atoms with van der Waals surface area (Å²) < 4.78 is 4.05. The maximum absolute atomic E-state index is 13.1. The molecule has 0 aliphatic carbocycles. The summed E-state index contributed by atoms with van der Waals surface area (Å²) in [7, 11) is 0. The number of aryl methyl sites for hydroxylation is 1. The van der Waals surface area contributed by atoms with Gasteiger partial charge < -0.3 is 4.40 Å². The van der Waals surface area contributed by atoms with Gasteiger partial charge in [-0.15, -0.1) is 11.3 Å². The van der Waals surface area contributed by atoms with E-state index in [4.69, 9.17) is 0 Å². The second kappa shape index (κ2) is 6.29. The second-order valence-corrected chi connectivity index (χ2v) is 8.34. The Kier molecular flexibility index (Phi) is 3.85. The number of halogens is 1. The zero-order valence-electron chi connectivity index (χ0n) is 14.6. The number of pyridine rings is 1. The van der Waals surface area contributed by atoms with Crippen molar-refractivity contribution in [1.82, 2.24) is 18.9 Å². The van der Waals surface area contributed by atoms with Crippen LogP contribution >= 0.6 is 27.3 Å². The molecule has 1 aromatic carbocycles. The standard InChI is InChI=1S/C20H13BrN4O2S/c1-11-16-18(23-20(27)25(19(16)26)13-5-3-2-4-6-13)28-17(11)14-10-24-9-12(21)7-8-15(24)22-14/h2-10H,1H3,(H,23,27). The van der Waals surface area contributed by atoms with Crippen LogP contribution in [0.3, 0.4) is 0 Å². The molecule has 5 aromatic rings. The van der Waals surface area contributed by atoms with Gasteiger partial charge in [0, 0.05) is 16.9 Å². The highest BCUT2D eigenvalue weighted by molar-refractivity contribution is 9.10. The van der Waals surface area contributed by atoms with Gasteiger partial charge in [-0.2, -0.15) is 0 Å². The molecule has 1 N–H and O–H groups in total. The van der Waals surface area contributed by atoms with Crippen molar-refractivity contribution in [2.45, 2.75) is 6.92 Å². The van der Waals surface area contributed by atoms with Crippen LogP contribution in [0.5, 0.6) is 0 Å². The first-order valence-corrected chi connectivity index (χ1v) is 10.1. The third-order valence-electron chi connectivity index (χ3n) is 4.65. The molecular weight excluding hydrogens is 440 g/mol. The van der Waals surface area contributed by atoms with Crippen LogP contribution in [-0.2, 0) is 0 Å². The van der Waals surface area contributed by atoms with E-state index in [1.807, 2.05) is 41.9 Å². The molecule has 6 nitrogen and oxygen atoms in total. The monoisotopic (exact) mass is 452 g/mol. The van der Waals surface area contributed by atoms with Gasteiger partial charge in [-0.05, 0) is 52.7 Å². The lowest BCUT2D eigenvalue weighted by Gasteiger charge is -2.04. The maximum Gasteiger partial charge on any atom is 0.334 e. The number of rotatable bonds is 2. The topological polar surface area (TPSA) is 72.2 Å². The number of imidazole rings is 1. The number of aromatic nitrogens is 4. The molecule has 28 heavy (non-hydrogen) atoms. The van der Waals surface area contributed by atoms with Crippen LogP contribution < -0.4 is 11.2 Å². The first-order chi connectivity index (χ1) is 13.5. The van der Waals surface area contributed by atoms with Crippen molar-refractivity contribution in [3.8, 4) is 16.3 Å². The summed E-state index contributed by atoms with van der Waals surface area (Å²) in [6.45, 7) is 1.89. The Labute approximate surface area is 170 Å². The van der Waals surface area contributed by atoms with E-state index in [-0.39, 0.29) is 5.56 Å². The summed E-state index contributed by atoms with van der Waals surface area (Å²) in [4.78, 5) is 34.7. The Bertz CT molecular complexity index is 1480. The Morgan fingerprint density at radius 2 is 1.86 bits per heavy atom. The van der Waals surface area contributed by atoms with Gasteiger partial charge in [-0.3, -0.25) is 9.78 Å². The summed E-state index contributed by atoms with van der Waals surface area (Å²) in [5, 5.41) is 0.515. The van der Waals surface area contributed by atoms with Crippen molar-refractivity contribution in [2.24, 2.45) is 0 Å². The van der Waals surface area contributed by atoms with Crippen molar-refractivity contribution in [3.63, 3.8) is 0 Å². The van der Waals surface area contributed by atoms with Crippen molar-refractivity contribution >= 4 is 43.1 Å². The van der Waals surface area contributed by atoms with Gasteiger partial charge in [-0.25, -0.2) is 14.3 Å². The smallest absolute Gasteiger partial charge is 0.305 e. The minimum Gasteiger partial charge on any atom is -0.305 e. The molecule has 0 radical (unpaired) electrons. The molecule has 5 rings (SSSR count). The van der Waals surface area contributed by atoms with Crippen molar-refractivity contribution in [2.75, 3.05) is 0 Å². The number of nitrogens with zero attached hydrogens (tertiary/aromatic N) is 3. The Morgan fingerprint density at radius 3 is 2.64 bits per heavy atom. The van der Waals surface area contributed by atoms with E-state index in [1.165, 1.54) is 15.9 Å². The SMILES string of the molecule is Cc1c(-c2cn3cc(Br)ccc3n2)sc2[nH]c(=O)n(-c3ccccc3)c(=O)c12. The van der Waals surface area contributed by atoms with Gasteiger partial charge in [0.25, 0.3) is 5.56 Å². The first-order valence-electron chi connectivity index (χ1n) is 8.51. The van der Waals surface area contributed by atoms with E-state index in [1.54, 1.807) is 24.3 Å². The van der Waals surface area contributed by atoms with Crippen molar-refractivity contribution < 1.29 is 0 Å². The van der Waals surface area contributed by atoms with E-state index in [2.05, 4.69) is 25.9 Å². The zero-order valence-corrected chi connectivity index (χ0v) is 17.0. The number of benzene rings is 1. The number of aromatic amines is 1. The molecule has 0 aliphatic heterocycles. The number of hydrogen-bond acceptors (Lipinski definition) is 4. The predicted octanol–water partition coefficient (Wildman–Crippen LogP) is 4.13. The lowest BCUT2D eigenvalue weighted by atomic mass is 10.2. The molecule has 0 amide bonds. The Morgan fingerprint density at radius 1 is 1.07 bits per heavy atom. The van der Waals surface area contributed by atoms with E-state index in [0.29, 0.717) is 15.9 Å². The van der Waals surface area contributed by atoms with Crippen LogP contribution in [0.1, 0.15) is 5.56 Å². The van der Waals surface area contributed by atoms with Gasteiger partial charge in [0.05, 0.1) is 21.6 Å².